The summed E-state index contributed by atoms with van der Waals surface area (Å²) in [6, 6.07) is 15.3. The van der Waals surface area contributed by atoms with E-state index in [9.17, 15) is 4.79 Å². The first-order valence-corrected chi connectivity index (χ1v) is 10.8. The van der Waals surface area contributed by atoms with Crippen molar-refractivity contribution in [3.8, 4) is 11.5 Å². The maximum atomic E-state index is 13.0. The summed E-state index contributed by atoms with van der Waals surface area (Å²) >= 11 is 4.88. The summed E-state index contributed by atoms with van der Waals surface area (Å²) in [5, 5.41) is 1.21. The van der Waals surface area contributed by atoms with Gasteiger partial charge in [0.05, 0.1) is 29.7 Å². The number of hydrogen-bond acceptors (Lipinski definition) is 6. The average molecular weight is 472 g/mol. The van der Waals surface area contributed by atoms with Crippen LogP contribution in [0.1, 0.15) is 5.69 Å². The van der Waals surface area contributed by atoms with Crippen molar-refractivity contribution < 1.29 is 9.15 Å². The number of oxazole rings is 1. The van der Waals surface area contributed by atoms with Crippen LogP contribution in [0.4, 0.5) is 0 Å². The Morgan fingerprint density at radius 1 is 1.17 bits per heavy atom. The largest absolute Gasteiger partial charge is 0.444 e. The van der Waals surface area contributed by atoms with Crippen molar-refractivity contribution in [3.05, 3.63) is 75.3 Å². The lowest BCUT2D eigenvalue weighted by molar-refractivity contribution is 0.183. The Morgan fingerprint density at radius 3 is 2.79 bits per heavy atom. The smallest absolute Gasteiger partial charge is 0.262 e. The Morgan fingerprint density at radius 2 is 2.00 bits per heavy atom. The van der Waals surface area contributed by atoms with Gasteiger partial charge >= 0.3 is 0 Å². The minimum atomic E-state index is -0.0824. The Labute approximate surface area is 180 Å². The van der Waals surface area contributed by atoms with Gasteiger partial charge in [0, 0.05) is 22.9 Å². The van der Waals surface area contributed by atoms with Gasteiger partial charge in [0.25, 0.3) is 5.56 Å². The van der Waals surface area contributed by atoms with E-state index in [0.29, 0.717) is 40.9 Å². The lowest BCUT2D eigenvalue weighted by Gasteiger charge is -2.12. The molecule has 148 valence electrons. The molecule has 0 atom stereocenters. The van der Waals surface area contributed by atoms with Gasteiger partial charge in [-0.3, -0.25) is 9.36 Å². The van der Waals surface area contributed by atoms with Crippen LogP contribution in [0.3, 0.4) is 0 Å². The lowest BCUT2D eigenvalue weighted by Crippen LogP contribution is -2.25. The van der Waals surface area contributed by atoms with Crippen LogP contribution < -0.4 is 5.56 Å². The first-order valence-electron chi connectivity index (χ1n) is 8.97. The van der Waals surface area contributed by atoms with Crippen molar-refractivity contribution in [1.29, 1.82) is 0 Å². The molecule has 6 nitrogen and oxygen atoms in total. The van der Waals surface area contributed by atoms with E-state index in [2.05, 4.69) is 20.9 Å². The van der Waals surface area contributed by atoms with E-state index in [0.717, 1.165) is 15.7 Å². The molecule has 0 bridgehead atoms. The van der Waals surface area contributed by atoms with Gasteiger partial charge in [-0.25, -0.2) is 9.97 Å². The molecule has 29 heavy (non-hydrogen) atoms. The number of aromatic nitrogens is 3. The number of benzene rings is 2. The standard InChI is InChI=1S/C21H18BrN3O3S/c1-27-10-9-25-20(26)17-11-15(22)7-8-18(17)24-21(25)29-13-16-12-28-19(23-16)14-5-3-2-4-6-14/h2-8,11-12H,9-10,13H2,1H3. The molecule has 8 heteroatoms. The van der Waals surface area contributed by atoms with Crippen LogP contribution in [0.5, 0.6) is 0 Å². The van der Waals surface area contributed by atoms with Gasteiger partial charge < -0.3 is 9.15 Å². The molecule has 4 rings (SSSR count). The molecule has 2 aromatic heterocycles. The molecule has 0 N–H and O–H groups in total. The molecule has 0 saturated heterocycles. The molecule has 0 radical (unpaired) electrons. The highest BCUT2D eigenvalue weighted by Crippen LogP contribution is 2.25. The van der Waals surface area contributed by atoms with E-state index < -0.39 is 0 Å². The predicted molar refractivity (Wildman–Crippen MR) is 117 cm³/mol. The van der Waals surface area contributed by atoms with Crippen LogP contribution in [0.25, 0.3) is 22.4 Å². The number of thioether (sulfide) groups is 1. The fourth-order valence-electron chi connectivity index (χ4n) is 2.89. The second kappa shape index (κ2) is 8.94. The minimum absolute atomic E-state index is 0.0824. The third kappa shape index (κ3) is 4.44. The third-order valence-corrected chi connectivity index (χ3v) is 5.83. The number of fused-ring (bicyclic) bond motifs is 1. The molecule has 0 unspecified atom stereocenters. The molecular weight excluding hydrogens is 454 g/mol. The normalized spacial score (nSPS) is 11.2. The zero-order valence-corrected chi connectivity index (χ0v) is 18.1. The van der Waals surface area contributed by atoms with Crippen LogP contribution in [0.15, 0.2) is 73.6 Å². The summed E-state index contributed by atoms with van der Waals surface area (Å²) in [4.78, 5) is 22.3. The van der Waals surface area contributed by atoms with E-state index in [-0.39, 0.29) is 5.56 Å². The Hall–Kier alpha value is -2.42. The number of ether oxygens (including phenoxy) is 1. The number of hydrogen-bond donors (Lipinski definition) is 0. The van der Waals surface area contributed by atoms with Gasteiger partial charge in [0.2, 0.25) is 5.89 Å². The van der Waals surface area contributed by atoms with Gasteiger partial charge in [0.15, 0.2) is 5.16 Å². The first-order chi connectivity index (χ1) is 14.2. The monoisotopic (exact) mass is 471 g/mol. The summed E-state index contributed by atoms with van der Waals surface area (Å²) < 4.78 is 13.3. The van der Waals surface area contributed by atoms with Crippen molar-refractivity contribution in [2.75, 3.05) is 13.7 Å². The molecule has 2 heterocycles. The number of nitrogens with zero attached hydrogens (tertiary/aromatic N) is 3. The van der Waals surface area contributed by atoms with E-state index in [1.807, 2.05) is 42.5 Å². The van der Waals surface area contributed by atoms with Crippen LogP contribution in [-0.4, -0.2) is 28.3 Å². The van der Waals surface area contributed by atoms with Crippen molar-refractivity contribution >= 4 is 38.6 Å². The second-order valence-corrected chi connectivity index (χ2v) is 8.16. The van der Waals surface area contributed by atoms with Gasteiger partial charge in [-0.1, -0.05) is 45.9 Å². The number of rotatable bonds is 7. The first kappa shape index (κ1) is 19.9. The molecule has 4 aromatic rings. The molecule has 0 spiro atoms. The Bertz CT molecular complexity index is 1190. The number of halogens is 1. The van der Waals surface area contributed by atoms with Crippen molar-refractivity contribution in [2.45, 2.75) is 17.5 Å². The van der Waals surface area contributed by atoms with E-state index >= 15 is 0 Å². The molecular formula is C21H18BrN3O3S. The predicted octanol–water partition coefficient (Wildman–Crippen LogP) is 4.75. The maximum Gasteiger partial charge on any atom is 0.262 e. The SMILES string of the molecule is COCCn1c(SCc2coc(-c3ccccc3)n2)nc2ccc(Br)cc2c1=O. The Balaban J connectivity index is 1.62. The molecule has 0 aliphatic rings. The van der Waals surface area contributed by atoms with E-state index in [1.54, 1.807) is 24.0 Å². The summed E-state index contributed by atoms with van der Waals surface area (Å²) in [5.41, 5.74) is 2.30. The zero-order valence-electron chi connectivity index (χ0n) is 15.7. The van der Waals surface area contributed by atoms with Crippen LogP contribution in [0, 0.1) is 0 Å². The molecule has 2 aromatic carbocycles. The van der Waals surface area contributed by atoms with Gasteiger partial charge in [-0.2, -0.15) is 0 Å². The van der Waals surface area contributed by atoms with Crippen molar-refractivity contribution in [1.82, 2.24) is 14.5 Å². The molecule has 0 amide bonds. The minimum Gasteiger partial charge on any atom is -0.444 e. The summed E-state index contributed by atoms with van der Waals surface area (Å²) in [6.45, 7) is 0.859. The van der Waals surface area contributed by atoms with Gasteiger partial charge in [0.1, 0.15) is 6.26 Å². The topological polar surface area (TPSA) is 70.2 Å². The summed E-state index contributed by atoms with van der Waals surface area (Å²) in [5.74, 6) is 1.12. The molecule has 0 fully saturated rings. The van der Waals surface area contributed by atoms with Crippen molar-refractivity contribution in [3.63, 3.8) is 0 Å². The fraction of sp³-hybridized carbons (Fsp3) is 0.190. The van der Waals surface area contributed by atoms with Crippen LogP contribution in [0.2, 0.25) is 0 Å². The quantitative estimate of drug-likeness (QED) is 0.286. The van der Waals surface area contributed by atoms with Crippen molar-refractivity contribution in [2.24, 2.45) is 0 Å². The molecule has 0 aliphatic heterocycles. The molecule has 0 aliphatic carbocycles. The summed E-state index contributed by atoms with van der Waals surface area (Å²) in [7, 11) is 1.61. The highest BCUT2D eigenvalue weighted by Gasteiger charge is 2.14. The van der Waals surface area contributed by atoms with Crippen LogP contribution in [-0.2, 0) is 17.0 Å². The third-order valence-electron chi connectivity index (χ3n) is 4.32. The maximum absolute atomic E-state index is 13.0. The van der Waals surface area contributed by atoms with Crippen LogP contribution >= 0.6 is 27.7 Å². The van der Waals surface area contributed by atoms with Gasteiger partial charge in [-0.05, 0) is 30.3 Å². The fourth-order valence-corrected chi connectivity index (χ4v) is 4.15. The Kier molecular flexibility index (Phi) is 6.13. The van der Waals surface area contributed by atoms with Gasteiger partial charge in [-0.15, -0.1) is 0 Å². The highest BCUT2D eigenvalue weighted by molar-refractivity contribution is 9.10. The summed E-state index contributed by atoms with van der Waals surface area (Å²) in [6.07, 6.45) is 1.64. The van der Waals surface area contributed by atoms with E-state index in [1.165, 1.54) is 11.8 Å². The average Bonchev–Trinajstić information content (AvgIpc) is 3.22. The van der Waals surface area contributed by atoms with E-state index in [4.69, 9.17) is 14.1 Å². The number of methoxy groups -OCH3 is 1. The lowest BCUT2D eigenvalue weighted by atomic mass is 10.2. The highest BCUT2D eigenvalue weighted by atomic mass is 79.9. The molecule has 0 saturated carbocycles. The second-order valence-electron chi connectivity index (χ2n) is 6.30. The zero-order chi connectivity index (χ0) is 20.2.